The maximum atomic E-state index is 11.4. The Morgan fingerprint density at radius 2 is 2.14 bits per heavy atom. The van der Waals surface area contributed by atoms with Crippen LogP contribution in [0.3, 0.4) is 0 Å². The second-order valence-electron chi connectivity index (χ2n) is 5.58. The van der Waals surface area contributed by atoms with Gasteiger partial charge in [-0.1, -0.05) is 29.8 Å². The first kappa shape index (κ1) is 15.8. The van der Waals surface area contributed by atoms with E-state index < -0.39 is 12.0 Å². The number of nitrogens with one attached hydrogen (secondary N) is 1. The molecule has 4 nitrogen and oxygen atoms in total. The third-order valence-electron chi connectivity index (χ3n) is 3.57. The molecule has 116 valence electrons. The predicted octanol–water partition coefficient (Wildman–Crippen LogP) is 4.03. The Balaban J connectivity index is 1.87. The van der Waals surface area contributed by atoms with E-state index in [9.17, 15) is 9.90 Å². The van der Waals surface area contributed by atoms with Gasteiger partial charge in [0.25, 0.3) is 0 Å². The van der Waals surface area contributed by atoms with Crippen molar-refractivity contribution in [2.24, 2.45) is 0 Å². The molecule has 0 aliphatic carbocycles. The summed E-state index contributed by atoms with van der Waals surface area (Å²) < 4.78 is -0.382. The Morgan fingerprint density at radius 1 is 1.41 bits per heavy atom. The minimum atomic E-state index is -0.831. The van der Waals surface area contributed by atoms with Crippen LogP contribution >= 0.6 is 34.7 Å². The number of halogens is 1. The number of thioether (sulfide) groups is 1. The van der Waals surface area contributed by atoms with Gasteiger partial charge in [0.1, 0.15) is 16.4 Å². The van der Waals surface area contributed by atoms with Crippen molar-refractivity contribution in [2.45, 2.75) is 30.0 Å². The van der Waals surface area contributed by atoms with E-state index in [1.54, 1.807) is 29.3 Å². The van der Waals surface area contributed by atoms with E-state index in [0.717, 1.165) is 15.4 Å². The average molecular weight is 355 g/mol. The zero-order chi connectivity index (χ0) is 15.9. The summed E-state index contributed by atoms with van der Waals surface area (Å²) in [6.45, 7) is 3.87. The summed E-state index contributed by atoms with van der Waals surface area (Å²) in [4.78, 5) is 16.8. The lowest BCUT2D eigenvalue weighted by Crippen LogP contribution is -2.43. The summed E-state index contributed by atoms with van der Waals surface area (Å²) in [7, 11) is 0. The highest BCUT2D eigenvalue weighted by Gasteiger charge is 2.46. The topological polar surface area (TPSA) is 62.2 Å². The molecule has 2 atom stereocenters. The van der Waals surface area contributed by atoms with Crippen molar-refractivity contribution < 1.29 is 9.90 Å². The molecule has 7 heteroatoms. The fourth-order valence-electron chi connectivity index (χ4n) is 2.44. The monoisotopic (exact) mass is 354 g/mol. The Morgan fingerprint density at radius 3 is 2.77 bits per heavy atom. The van der Waals surface area contributed by atoms with Crippen molar-refractivity contribution in [3.8, 4) is 10.4 Å². The normalized spacial score (nSPS) is 23.6. The lowest BCUT2D eigenvalue weighted by molar-refractivity contribution is -0.139. The summed E-state index contributed by atoms with van der Waals surface area (Å²) in [5.41, 5.74) is 0.949. The first-order valence-electron chi connectivity index (χ1n) is 6.76. The molecule has 0 amide bonds. The highest BCUT2D eigenvalue weighted by atomic mass is 35.5. The van der Waals surface area contributed by atoms with Crippen LogP contribution in [0.5, 0.6) is 0 Å². The summed E-state index contributed by atoms with van der Waals surface area (Å²) in [6.07, 6.45) is 1.80. The van der Waals surface area contributed by atoms with E-state index in [0.29, 0.717) is 5.02 Å². The van der Waals surface area contributed by atoms with E-state index in [1.807, 2.05) is 38.1 Å². The molecule has 1 aromatic heterocycles. The van der Waals surface area contributed by atoms with E-state index >= 15 is 0 Å². The molecule has 2 unspecified atom stereocenters. The average Bonchev–Trinajstić information content (AvgIpc) is 3.03. The highest BCUT2D eigenvalue weighted by Crippen LogP contribution is 2.47. The molecule has 22 heavy (non-hydrogen) atoms. The lowest BCUT2D eigenvalue weighted by atomic mass is 10.0. The zero-order valence-corrected chi connectivity index (χ0v) is 14.4. The van der Waals surface area contributed by atoms with Crippen molar-refractivity contribution in [1.29, 1.82) is 0 Å². The van der Waals surface area contributed by atoms with Gasteiger partial charge < -0.3 is 5.11 Å². The lowest BCUT2D eigenvalue weighted by Gasteiger charge is -2.20. The Hall–Kier alpha value is -1.08. The van der Waals surface area contributed by atoms with Crippen molar-refractivity contribution >= 4 is 40.7 Å². The number of rotatable bonds is 3. The van der Waals surface area contributed by atoms with Crippen LogP contribution in [0.25, 0.3) is 10.4 Å². The number of carbonyl (C=O) groups is 1. The predicted molar refractivity (Wildman–Crippen MR) is 91.5 cm³/mol. The first-order chi connectivity index (χ1) is 10.4. The number of hydrogen-bond donors (Lipinski definition) is 2. The van der Waals surface area contributed by atoms with Gasteiger partial charge in [0, 0.05) is 21.5 Å². The Labute approximate surface area is 141 Å². The van der Waals surface area contributed by atoms with Gasteiger partial charge in [0.05, 0.1) is 4.88 Å². The zero-order valence-electron chi connectivity index (χ0n) is 12.0. The van der Waals surface area contributed by atoms with Crippen molar-refractivity contribution in [3.63, 3.8) is 0 Å². The summed E-state index contributed by atoms with van der Waals surface area (Å²) in [5.74, 6) is -0.831. The van der Waals surface area contributed by atoms with Gasteiger partial charge in [-0.25, -0.2) is 4.98 Å². The second-order valence-corrected chi connectivity index (χ2v) is 8.81. The van der Waals surface area contributed by atoms with Gasteiger partial charge in [-0.2, -0.15) is 0 Å². The van der Waals surface area contributed by atoms with Crippen molar-refractivity contribution in [1.82, 2.24) is 10.3 Å². The molecule has 1 aromatic carbocycles. The maximum absolute atomic E-state index is 11.4. The first-order valence-corrected chi connectivity index (χ1v) is 8.83. The smallest absolute Gasteiger partial charge is 0.322 e. The minimum absolute atomic E-state index is 0.114. The van der Waals surface area contributed by atoms with Crippen LogP contribution in [0.1, 0.15) is 24.2 Å². The number of aliphatic carboxylic acids is 1. The van der Waals surface area contributed by atoms with Crippen molar-refractivity contribution in [3.05, 3.63) is 40.5 Å². The SMILES string of the molecule is CC1(C)SC(c2ncc(-c3ccccc3Cl)s2)NC1C(=O)O. The van der Waals surface area contributed by atoms with Gasteiger partial charge in [-0.3, -0.25) is 10.1 Å². The molecule has 0 bridgehead atoms. The summed E-state index contributed by atoms with van der Waals surface area (Å²) >= 11 is 9.35. The van der Waals surface area contributed by atoms with E-state index in [2.05, 4.69) is 10.3 Å². The fourth-order valence-corrected chi connectivity index (χ4v) is 5.20. The molecule has 0 spiro atoms. The molecule has 0 radical (unpaired) electrons. The standard InChI is InChI=1S/C15H15ClN2O2S2/c1-15(2)11(14(19)20)18-13(22-15)12-17-7-10(21-12)8-5-3-4-6-9(8)16/h3-7,11,13,18H,1-2H3,(H,19,20). The second kappa shape index (κ2) is 5.85. The van der Waals surface area contributed by atoms with Crippen LogP contribution in [-0.2, 0) is 4.79 Å². The van der Waals surface area contributed by atoms with Gasteiger partial charge in [-0.05, 0) is 19.9 Å². The van der Waals surface area contributed by atoms with Gasteiger partial charge in [0.15, 0.2) is 0 Å². The number of carboxylic acids is 1. The fraction of sp³-hybridized carbons (Fsp3) is 0.333. The Bertz CT molecular complexity index is 717. The highest BCUT2D eigenvalue weighted by molar-refractivity contribution is 8.01. The van der Waals surface area contributed by atoms with Crippen LogP contribution in [-0.4, -0.2) is 26.8 Å². The third-order valence-corrected chi connectivity index (χ3v) is 6.58. The summed E-state index contributed by atoms with van der Waals surface area (Å²) in [5, 5.41) is 13.9. The maximum Gasteiger partial charge on any atom is 0.322 e. The minimum Gasteiger partial charge on any atom is -0.480 e. The molecule has 1 fully saturated rings. The van der Waals surface area contributed by atoms with Crippen LogP contribution in [0, 0.1) is 0 Å². The van der Waals surface area contributed by atoms with Crippen LogP contribution < -0.4 is 5.32 Å². The van der Waals surface area contributed by atoms with E-state index in [-0.39, 0.29) is 10.1 Å². The number of benzene rings is 1. The quantitative estimate of drug-likeness (QED) is 0.871. The number of nitrogens with zero attached hydrogens (tertiary/aromatic N) is 1. The molecule has 1 saturated heterocycles. The molecule has 2 N–H and O–H groups in total. The van der Waals surface area contributed by atoms with Gasteiger partial charge >= 0.3 is 5.97 Å². The third kappa shape index (κ3) is 2.88. The van der Waals surface area contributed by atoms with Crippen LogP contribution in [0.15, 0.2) is 30.5 Å². The number of carboxylic acid groups (broad SMARTS) is 1. The van der Waals surface area contributed by atoms with Crippen LogP contribution in [0.2, 0.25) is 5.02 Å². The molecule has 2 aromatic rings. The van der Waals surface area contributed by atoms with E-state index in [4.69, 9.17) is 11.6 Å². The molecule has 1 aliphatic heterocycles. The number of hydrogen-bond acceptors (Lipinski definition) is 5. The van der Waals surface area contributed by atoms with E-state index in [1.165, 1.54) is 0 Å². The molecule has 3 rings (SSSR count). The van der Waals surface area contributed by atoms with Crippen LogP contribution in [0.4, 0.5) is 0 Å². The number of thiazole rings is 1. The van der Waals surface area contributed by atoms with Gasteiger partial charge in [-0.15, -0.1) is 23.1 Å². The Kier molecular flexibility index (Phi) is 4.20. The molecule has 0 saturated carbocycles. The summed E-state index contributed by atoms with van der Waals surface area (Å²) in [6, 6.07) is 7.05. The largest absolute Gasteiger partial charge is 0.480 e. The number of aromatic nitrogens is 1. The molecule has 2 heterocycles. The molecular weight excluding hydrogens is 340 g/mol. The van der Waals surface area contributed by atoms with Crippen molar-refractivity contribution in [2.75, 3.05) is 0 Å². The molecule has 1 aliphatic rings. The molecular formula is C15H15ClN2O2S2. The van der Waals surface area contributed by atoms with Gasteiger partial charge in [0.2, 0.25) is 0 Å².